The first-order valence-electron chi connectivity index (χ1n) is 8.65. The summed E-state index contributed by atoms with van der Waals surface area (Å²) in [6.45, 7) is 2.62. The number of nitrogens with zero attached hydrogens (tertiary/aromatic N) is 2. The SMILES string of the molecule is CCCn1c(=NC(=O)CCS(=O)(=O)c2ccc(Cl)cc2)sc2cc(F)ccc21. The lowest BCUT2D eigenvalue weighted by molar-refractivity contribution is -0.117. The Kier molecular flexibility index (Phi) is 6.32. The van der Waals surface area contributed by atoms with E-state index < -0.39 is 15.7 Å². The fourth-order valence-corrected chi connectivity index (χ4v) is 5.17. The molecule has 0 spiro atoms. The number of carbonyl (C=O) groups is 1. The molecule has 0 aliphatic heterocycles. The van der Waals surface area contributed by atoms with Gasteiger partial charge < -0.3 is 4.57 Å². The van der Waals surface area contributed by atoms with Crippen LogP contribution in [0.4, 0.5) is 4.39 Å². The summed E-state index contributed by atoms with van der Waals surface area (Å²) in [6.07, 6.45) is 0.579. The standard InChI is InChI=1S/C19H18ClFN2O3S2/c1-2-10-23-16-8-5-14(21)12-17(16)27-19(23)22-18(24)9-11-28(25,26)15-6-3-13(20)4-7-15/h3-8,12H,2,9-11H2,1H3. The van der Waals surface area contributed by atoms with Crippen LogP contribution >= 0.6 is 22.9 Å². The molecular formula is C19H18ClFN2O3S2. The lowest BCUT2D eigenvalue weighted by atomic mass is 10.3. The minimum absolute atomic E-state index is 0.114. The van der Waals surface area contributed by atoms with Crippen molar-refractivity contribution in [1.29, 1.82) is 0 Å². The van der Waals surface area contributed by atoms with E-state index in [-0.39, 0.29) is 22.9 Å². The molecule has 1 aromatic heterocycles. The average molecular weight is 441 g/mol. The van der Waals surface area contributed by atoms with E-state index in [1.54, 1.807) is 6.07 Å². The van der Waals surface area contributed by atoms with Crippen molar-refractivity contribution >= 4 is 48.9 Å². The number of aromatic nitrogens is 1. The highest BCUT2D eigenvalue weighted by Gasteiger charge is 2.17. The van der Waals surface area contributed by atoms with E-state index >= 15 is 0 Å². The fourth-order valence-electron chi connectivity index (χ4n) is 2.72. The lowest BCUT2D eigenvalue weighted by Crippen LogP contribution is -2.18. The molecule has 0 atom stereocenters. The van der Waals surface area contributed by atoms with Crippen molar-refractivity contribution in [3.05, 3.63) is 58.1 Å². The second-order valence-electron chi connectivity index (χ2n) is 6.18. The number of hydrogen-bond acceptors (Lipinski definition) is 4. The number of sulfone groups is 1. The Balaban J connectivity index is 1.84. The van der Waals surface area contributed by atoms with E-state index in [9.17, 15) is 17.6 Å². The van der Waals surface area contributed by atoms with E-state index in [0.717, 1.165) is 11.9 Å². The maximum absolute atomic E-state index is 13.5. The van der Waals surface area contributed by atoms with Crippen molar-refractivity contribution in [2.75, 3.05) is 5.75 Å². The third-order valence-corrected chi connectivity index (χ3v) is 7.09. The van der Waals surface area contributed by atoms with Crippen LogP contribution in [-0.4, -0.2) is 24.6 Å². The maximum atomic E-state index is 13.5. The van der Waals surface area contributed by atoms with Gasteiger partial charge in [-0.3, -0.25) is 4.79 Å². The first kappa shape index (κ1) is 20.7. The number of aryl methyl sites for hydroxylation is 1. The van der Waals surface area contributed by atoms with Crippen LogP contribution in [0.1, 0.15) is 19.8 Å². The van der Waals surface area contributed by atoms with Gasteiger partial charge in [0.1, 0.15) is 5.82 Å². The number of halogens is 2. The molecule has 28 heavy (non-hydrogen) atoms. The Morgan fingerprint density at radius 2 is 1.93 bits per heavy atom. The highest BCUT2D eigenvalue weighted by atomic mass is 35.5. The summed E-state index contributed by atoms with van der Waals surface area (Å²) in [4.78, 5) is 17.0. The fraction of sp³-hybridized carbons (Fsp3) is 0.263. The van der Waals surface area contributed by atoms with Gasteiger partial charge in [0, 0.05) is 18.0 Å². The Labute approximate surface area is 171 Å². The Bertz CT molecular complexity index is 1180. The number of fused-ring (bicyclic) bond motifs is 1. The second-order valence-corrected chi connectivity index (χ2v) is 9.73. The minimum Gasteiger partial charge on any atom is -0.316 e. The van der Waals surface area contributed by atoms with Gasteiger partial charge in [-0.2, -0.15) is 4.99 Å². The zero-order valence-electron chi connectivity index (χ0n) is 15.1. The highest BCUT2D eigenvalue weighted by molar-refractivity contribution is 7.91. The van der Waals surface area contributed by atoms with Crippen LogP contribution in [0.3, 0.4) is 0 Å². The molecule has 0 aliphatic rings. The zero-order valence-corrected chi connectivity index (χ0v) is 17.5. The number of carbonyl (C=O) groups excluding carboxylic acids is 1. The maximum Gasteiger partial charge on any atom is 0.249 e. The van der Waals surface area contributed by atoms with Crippen LogP contribution in [0, 0.1) is 5.82 Å². The Morgan fingerprint density at radius 3 is 2.61 bits per heavy atom. The van der Waals surface area contributed by atoms with E-state index in [1.165, 1.54) is 47.7 Å². The molecule has 1 heterocycles. The van der Waals surface area contributed by atoms with E-state index in [4.69, 9.17) is 11.6 Å². The van der Waals surface area contributed by atoms with Gasteiger partial charge in [0.2, 0.25) is 5.91 Å². The number of hydrogen-bond donors (Lipinski definition) is 0. The number of rotatable bonds is 6. The van der Waals surface area contributed by atoms with Crippen molar-refractivity contribution in [2.45, 2.75) is 31.2 Å². The summed E-state index contributed by atoms with van der Waals surface area (Å²) < 4.78 is 40.8. The molecule has 2 aromatic carbocycles. The van der Waals surface area contributed by atoms with Crippen molar-refractivity contribution in [3.8, 4) is 0 Å². The Hall–Kier alpha value is -2.03. The van der Waals surface area contributed by atoms with Gasteiger partial charge in [-0.1, -0.05) is 29.9 Å². The van der Waals surface area contributed by atoms with Crippen LogP contribution < -0.4 is 4.80 Å². The van der Waals surface area contributed by atoms with Gasteiger partial charge in [-0.25, -0.2) is 12.8 Å². The summed E-state index contributed by atoms with van der Waals surface area (Å²) in [5.41, 5.74) is 0.800. The molecule has 0 saturated heterocycles. The van der Waals surface area contributed by atoms with Crippen molar-refractivity contribution in [2.24, 2.45) is 4.99 Å². The molecule has 9 heteroatoms. The average Bonchev–Trinajstić information content (AvgIpc) is 2.97. The van der Waals surface area contributed by atoms with Crippen molar-refractivity contribution < 1.29 is 17.6 Å². The van der Waals surface area contributed by atoms with Gasteiger partial charge in [0.25, 0.3) is 0 Å². The Morgan fingerprint density at radius 1 is 1.21 bits per heavy atom. The molecular weight excluding hydrogens is 423 g/mol. The summed E-state index contributed by atoms with van der Waals surface area (Å²) in [5, 5.41) is 0.437. The predicted octanol–water partition coefficient (Wildman–Crippen LogP) is 4.20. The van der Waals surface area contributed by atoms with Crippen LogP contribution in [-0.2, 0) is 21.2 Å². The monoisotopic (exact) mass is 440 g/mol. The highest BCUT2D eigenvalue weighted by Crippen LogP contribution is 2.19. The molecule has 0 unspecified atom stereocenters. The summed E-state index contributed by atoms with van der Waals surface area (Å²) in [7, 11) is -3.61. The topological polar surface area (TPSA) is 68.5 Å². The first-order chi connectivity index (χ1) is 13.3. The van der Waals surface area contributed by atoms with Gasteiger partial charge in [-0.05, 0) is 48.9 Å². The predicted molar refractivity (Wildman–Crippen MR) is 109 cm³/mol. The second kappa shape index (κ2) is 8.55. The third-order valence-electron chi connectivity index (χ3n) is 4.07. The number of amides is 1. The number of thiazole rings is 1. The molecule has 1 amide bonds. The number of benzene rings is 2. The van der Waals surface area contributed by atoms with Crippen LogP contribution in [0.5, 0.6) is 0 Å². The molecule has 3 aromatic rings. The van der Waals surface area contributed by atoms with E-state index in [2.05, 4.69) is 4.99 Å². The molecule has 0 bridgehead atoms. The van der Waals surface area contributed by atoms with Crippen LogP contribution in [0.2, 0.25) is 5.02 Å². The molecule has 0 saturated carbocycles. The summed E-state index contributed by atoms with van der Waals surface area (Å²) in [6, 6.07) is 10.2. The van der Waals surface area contributed by atoms with E-state index in [1.807, 2.05) is 11.5 Å². The molecule has 0 aliphatic carbocycles. The normalized spacial score (nSPS) is 12.6. The molecule has 0 fully saturated rings. The third kappa shape index (κ3) is 4.68. The molecule has 5 nitrogen and oxygen atoms in total. The van der Waals surface area contributed by atoms with Gasteiger partial charge in [0.15, 0.2) is 14.6 Å². The quantitative estimate of drug-likeness (QED) is 0.577. The van der Waals surface area contributed by atoms with Gasteiger partial charge in [-0.15, -0.1) is 0 Å². The lowest BCUT2D eigenvalue weighted by Gasteiger charge is -2.04. The first-order valence-corrected chi connectivity index (χ1v) is 11.5. The molecule has 148 valence electrons. The minimum atomic E-state index is -3.61. The van der Waals surface area contributed by atoms with Gasteiger partial charge >= 0.3 is 0 Å². The van der Waals surface area contributed by atoms with Crippen molar-refractivity contribution in [3.63, 3.8) is 0 Å². The van der Waals surface area contributed by atoms with Crippen LogP contribution in [0.15, 0.2) is 52.4 Å². The smallest absolute Gasteiger partial charge is 0.249 e. The summed E-state index contributed by atoms with van der Waals surface area (Å²) in [5.74, 6) is -1.23. The van der Waals surface area contributed by atoms with Crippen molar-refractivity contribution in [1.82, 2.24) is 4.57 Å². The molecule has 0 N–H and O–H groups in total. The summed E-state index contributed by atoms with van der Waals surface area (Å²) >= 11 is 6.98. The zero-order chi connectivity index (χ0) is 20.3. The van der Waals surface area contributed by atoms with Crippen LogP contribution in [0.25, 0.3) is 10.2 Å². The van der Waals surface area contributed by atoms with E-state index in [0.29, 0.717) is 21.1 Å². The molecule has 0 radical (unpaired) electrons. The largest absolute Gasteiger partial charge is 0.316 e. The van der Waals surface area contributed by atoms with Gasteiger partial charge in [0.05, 0.1) is 20.9 Å². The molecule has 3 rings (SSSR count).